The van der Waals surface area contributed by atoms with E-state index >= 15 is 0 Å². The second-order valence-electron chi connectivity index (χ2n) is 5.37. The Balaban J connectivity index is 1.46. The van der Waals surface area contributed by atoms with Gasteiger partial charge in [0.15, 0.2) is 11.5 Å². The monoisotopic (exact) mass is 340 g/mol. The number of methoxy groups -OCH3 is 1. The van der Waals surface area contributed by atoms with E-state index in [-0.39, 0.29) is 6.79 Å². The molecular formula is C18H16N2O5. The number of benzene rings is 1. The van der Waals surface area contributed by atoms with Gasteiger partial charge in [-0.25, -0.2) is 4.98 Å². The van der Waals surface area contributed by atoms with Crippen LogP contribution in [-0.2, 0) is 18.0 Å². The normalized spacial score (nSPS) is 12.4. The molecule has 0 spiro atoms. The standard InChI is InChI=1S/C18H16N2O5/c1-21-15-6-12(7-16-17(15)25-11-24-16)18-20-14(10-23-18)9-22-8-13-4-2-3-5-19-13/h2-7,10H,8-9,11H2,1H3. The summed E-state index contributed by atoms with van der Waals surface area (Å²) in [7, 11) is 1.58. The lowest BCUT2D eigenvalue weighted by molar-refractivity contribution is 0.102. The predicted molar refractivity (Wildman–Crippen MR) is 87.3 cm³/mol. The number of hydrogen-bond acceptors (Lipinski definition) is 7. The summed E-state index contributed by atoms with van der Waals surface area (Å²) in [5.74, 6) is 2.25. The number of rotatable bonds is 6. The molecule has 3 heterocycles. The van der Waals surface area contributed by atoms with Crippen molar-refractivity contribution in [3.63, 3.8) is 0 Å². The molecular weight excluding hydrogens is 324 g/mol. The molecule has 25 heavy (non-hydrogen) atoms. The molecule has 0 N–H and O–H groups in total. The number of ether oxygens (including phenoxy) is 4. The topological polar surface area (TPSA) is 75.8 Å². The van der Waals surface area contributed by atoms with Crippen LogP contribution in [0.4, 0.5) is 0 Å². The number of nitrogens with zero attached hydrogens (tertiary/aromatic N) is 2. The molecule has 0 saturated heterocycles. The molecule has 1 aromatic carbocycles. The molecule has 0 radical (unpaired) electrons. The van der Waals surface area contributed by atoms with Gasteiger partial charge < -0.3 is 23.4 Å². The van der Waals surface area contributed by atoms with E-state index in [1.54, 1.807) is 25.6 Å². The fraction of sp³-hybridized carbons (Fsp3) is 0.222. The Morgan fingerprint density at radius 1 is 1.12 bits per heavy atom. The summed E-state index contributed by atoms with van der Waals surface area (Å²) in [4.78, 5) is 8.66. The third-order valence-electron chi connectivity index (χ3n) is 3.68. The third kappa shape index (κ3) is 3.27. The van der Waals surface area contributed by atoms with Crippen molar-refractivity contribution in [1.82, 2.24) is 9.97 Å². The number of aromatic nitrogens is 2. The number of hydrogen-bond donors (Lipinski definition) is 0. The molecule has 0 bridgehead atoms. The second kappa shape index (κ2) is 6.82. The minimum absolute atomic E-state index is 0.174. The van der Waals surface area contributed by atoms with Crippen LogP contribution in [0.15, 0.2) is 47.2 Å². The summed E-state index contributed by atoms with van der Waals surface area (Å²) in [6.07, 6.45) is 3.31. The van der Waals surface area contributed by atoms with Gasteiger partial charge in [0.2, 0.25) is 18.4 Å². The maximum absolute atomic E-state index is 5.62. The molecule has 1 aliphatic rings. The van der Waals surface area contributed by atoms with Crippen LogP contribution in [-0.4, -0.2) is 23.9 Å². The molecule has 0 atom stereocenters. The molecule has 0 fully saturated rings. The Bertz CT molecular complexity index is 863. The highest BCUT2D eigenvalue weighted by Gasteiger charge is 2.22. The van der Waals surface area contributed by atoms with Gasteiger partial charge in [-0.1, -0.05) is 6.07 Å². The summed E-state index contributed by atoms with van der Waals surface area (Å²) in [6, 6.07) is 9.32. The van der Waals surface area contributed by atoms with Crippen molar-refractivity contribution in [2.24, 2.45) is 0 Å². The van der Waals surface area contributed by atoms with Crippen LogP contribution in [0.2, 0.25) is 0 Å². The lowest BCUT2D eigenvalue weighted by Crippen LogP contribution is -1.96. The smallest absolute Gasteiger partial charge is 0.231 e. The van der Waals surface area contributed by atoms with E-state index in [2.05, 4.69) is 9.97 Å². The SMILES string of the molecule is COc1cc(-c2nc(COCc3ccccn3)co2)cc2c1OCO2. The maximum Gasteiger partial charge on any atom is 0.231 e. The van der Waals surface area contributed by atoms with Gasteiger partial charge in [-0.2, -0.15) is 0 Å². The molecule has 0 unspecified atom stereocenters. The minimum Gasteiger partial charge on any atom is -0.493 e. The molecule has 3 aromatic rings. The Morgan fingerprint density at radius 3 is 2.88 bits per heavy atom. The van der Waals surface area contributed by atoms with Crippen molar-refractivity contribution in [3.05, 3.63) is 54.2 Å². The first-order valence-electron chi connectivity index (χ1n) is 7.73. The summed E-state index contributed by atoms with van der Waals surface area (Å²) >= 11 is 0. The van der Waals surface area contributed by atoms with E-state index in [1.165, 1.54) is 0 Å². The van der Waals surface area contributed by atoms with Crippen LogP contribution < -0.4 is 14.2 Å². The Labute approximate surface area is 144 Å². The van der Waals surface area contributed by atoms with Gasteiger partial charge in [-0.15, -0.1) is 0 Å². The number of oxazole rings is 1. The summed E-state index contributed by atoms with van der Waals surface area (Å²) in [5, 5.41) is 0. The highest BCUT2D eigenvalue weighted by Crippen LogP contribution is 2.44. The van der Waals surface area contributed by atoms with Gasteiger partial charge in [0.1, 0.15) is 12.0 Å². The van der Waals surface area contributed by atoms with E-state index in [0.717, 1.165) is 11.3 Å². The minimum atomic E-state index is 0.174. The largest absolute Gasteiger partial charge is 0.493 e. The van der Waals surface area contributed by atoms with Gasteiger partial charge >= 0.3 is 0 Å². The predicted octanol–water partition coefficient (Wildman–Crippen LogP) is 3.19. The lowest BCUT2D eigenvalue weighted by Gasteiger charge is -2.06. The molecule has 0 saturated carbocycles. The summed E-state index contributed by atoms with van der Waals surface area (Å²) < 4.78 is 27.3. The van der Waals surface area contributed by atoms with Crippen molar-refractivity contribution in [2.45, 2.75) is 13.2 Å². The quantitative estimate of drug-likeness (QED) is 0.682. The average molecular weight is 340 g/mol. The summed E-state index contributed by atoms with van der Waals surface area (Å²) in [6.45, 7) is 0.927. The zero-order valence-electron chi connectivity index (χ0n) is 13.6. The first-order valence-corrected chi connectivity index (χ1v) is 7.73. The van der Waals surface area contributed by atoms with Crippen LogP contribution in [0.25, 0.3) is 11.5 Å². The van der Waals surface area contributed by atoms with Crippen LogP contribution in [0.5, 0.6) is 17.2 Å². The van der Waals surface area contributed by atoms with E-state index in [9.17, 15) is 0 Å². The van der Waals surface area contributed by atoms with Gasteiger partial charge in [-0.3, -0.25) is 4.98 Å². The van der Waals surface area contributed by atoms with Crippen molar-refractivity contribution >= 4 is 0 Å². The first-order chi connectivity index (χ1) is 12.3. The zero-order chi connectivity index (χ0) is 17.1. The van der Waals surface area contributed by atoms with Gasteiger partial charge in [0.05, 0.1) is 26.0 Å². The van der Waals surface area contributed by atoms with Crippen LogP contribution in [0.3, 0.4) is 0 Å². The highest BCUT2D eigenvalue weighted by molar-refractivity contribution is 5.66. The zero-order valence-corrected chi connectivity index (χ0v) is 13.6. The number of pyridine rings is 1. The van der Waals surface area contributed by atoms with Crippen LogP contribution >= 0.6 is 0 Å². The molecule has 7 nitrogen and oxygen atoms in total. The Kier molecular flexibility index (Phi) is 4.22. The third-order valence-corrected chi connectivity index (χ3v) is 3.68. The van der Waals surface area contributed by atoms with E-state index in [0.29, 0.717) is 42.0 Å². The molecule has 0 aliphatic carbocycles. The fourth-order valence-corrected chi connectivity index (χ4v) is 2.50. The molecule has 4 rings (SSSR count). The van der Waals surface area contributed by atoms with Crippen molar-refractivity contribution < 1.29 is 23.4 Å². The average Bonchev–Trinajstić information content (AvgIpc) is 3.31. The molecule has 1 aliphatic heterocycles. The fourth-order valence-electron chi connectivity index (χ4n) is 2.50. The second-order valence-corrected chi connectivity index (χ2v) is 5.37. The van der Waals surface area contributed by atoms with Crippen molar-refractivity contribution in [3.8, 4) is 28.7 Å². The number of fused-ring (bicyclic) bond motifs is 1. The van der Waals surface area contributed by atoms with Crippen LogP contribution in [0.1, 0.15) is 11.4 Å². The van der Waals surface area contributed by atoms with Crippen molar-refractivity contribution in [1.29, 1.82) is 0 Å². The highest BCUT2D eigenvalue weighted by atomic mass is 16.7. The summed E-state index contributed by atoms with van der Waals surface area (Å²) in [5.41, 5.74) is 2.31. The first kappa shape index (κ1) is 15.5. The van der Waals surface area contributed by atoms with E-state index < -0.39 is 0 Å². The van der Waals surface area contributed by atoms with Crippen LogP contribution in [0, 0.1) is 0 Å². The molecule has 0 amide bonds. The Hall–Kier alpha value is -3.06. The molecule has 2 aromatic heterocycles. The van der Waals surface area contributed by atoms with E-state index in [1.807, 2.05) is 24.3 Å². The van der Waals surface area contributed by atoms with Gasteiger partial charge in [0, 0.05) is 11.8 Å². The maximum atomic E-state index is 5.62. The Morgan fingerprint density at radius 2 is 2.04 bits per heavy atom. The van der Waals surface area contributed by atoms with Gasteiger partial charge in [0.25, 0.3) is 0 Å². The van der Waals surface area contributed by atoms with E-state index in [4.69, 9.17) is 23.4 Å². The molecule has 7 heteroatoms. The van der Waals surface area contributed by atoms with Gasteiger partial charge in [-0.05, 0) is 24.3 Å². The van der Waals surface area contributed by atoms with Crippen molar-refractivity contribution in [2.75, 3.05) is 13.9 Å². The molecule has 128 valence electrons. The lowest BCUT2D eigenvalue weighted by atomic mass is 10.2.